The van der Waals surface area contributed by atoms with Crippen LogP contribution in [0, 0.1) is 31.1 Å². The van der Waals surface area contributed by atoms with E-state index in [0.717, 1.165) is 60.5 Å². The highest BCUT2D eigenvalue weighted by Crippen LogP contribution is 2.63. The SMILES string of the molecule is CCCC1C(C23CCN(CC4CC4)C(Cc4cc(N)c(OC)cc42)C3(C)C)CCN1c1nc(C)cc(C)n1. The first-order valence-corrected chi connectivity index (χ1v) is 15.0. The van der Waals surface area contributed by atoms with Crippen LogP contribution in [0.4, 0.5) is 11.6 Å². The molecule has 2 saturated heterocycles. The van der Waals surface area contributed by atoms with Gasteiger partial charge < -0.3 is 15.4 Å². The van der Waals surface area contributed by atoms with Crippen LogP contribution in [-0.2, 0) is 11.8 Å². The van der Waals surface area contributed by atoms with Gasteiger partial charge in [-0.15, -0.1) is 0 Å². The third-order valence-electron chi connectivity index (χ3n) is 10.7. The maximum Gasteiger partial charge on any atom is 0.226 e. The molecular formula is C32H47N5O. The van der Waals surface area contributed by atoms with Crippen LogP contribution >= 0.6 is 0 Å². The Morgan fingerprint density at radius 2 is 1.79 bits per heavy atom. The molecule has 1 aromatic carbocycles. The second-order valence-corrected chi connectivity index (χ2v) is 13.2. The van der Waals surface area contributed by atoms with Crippen molar-refractivity contribution < 1.29 is 4.74 Å². The quantitative estimate of drug-likeness (QED) is 0.477. The second kappa shape index (κ2) is 9.39. The Morgan fingerprint density at radius 1 is 1.05 bits per heavy atom. The fourth-order valence-corrected chi connectivity index (χ4v) is 8.91. The lowest BCUT2D eigenvalue weighted by Gasteiger charge is -2.65. The van der Waals surface area contributed by atoms with Gasteiger partial charge in [0, 0.05) is 42.0 Å². The Hall–Kier alpha value is -2.34. The number of nitrogen functional groups attached to an aromatic ring is 1. The Kier molecular flexibility index (Phi) is 6.40. The van der Waals surface area contributed by atoms with Crippen LogP contribution in [0.1, 0.15) is 81.8 Å². The van der Waals surface area contributed by atoms with Crippen LogP contribution in [0.25, 0.3) is 0 Å². The van der Waals surface area contributed by atoms with Crippen LogP contribution in [-0.4, -0.2) is 53.7 Å². The molecule has 2 aliphatic heterocycles. The number of benzene rings is 1. The Balaban J connectivity index is 1.49. The molecule has 1 aromatic heterocycles. The number of methoxy groups -OCH3 is 1. The number of likely N-dealkylation sites (tertiary alicyclic amines) is 1. The van der Waals surface area contributed by atoms with Gasteiger partial charge in [0.2, 0.25) is 5.95 Å². The van der Waals surface area contributed by atoms with Gasteiger partial charge >= 0.3 is 0 Å². The fourth-order valence-electron chi connectivity index (χ4n) is 8.91. The second-order valence-electron chi connectivity index (χ2n) is 13.2. The predicted octanol–water partition coefficient (Wildman–Crippen LogP) is 5.68. The number of nitrogens with two attached hydrogens (primary N) is 1. The summed E-state index contributed by atoms with van der Waals surface area (Å²) in [4.78, 5) is 15.3. The summed E-state index contributed by atoms with van der Waals surface area (Å²) in [5, 5.41) is 0. The lowest BCUT2D eigenvalue weighted by atomic mass is 9.44. The summed E-state index contributed by atoms with van der Waals surface area (Å²) in [6.07, 6.45) is 8.58. The minimum Gasteiger partial charge on any atom is -0.495 e. The zero-order valence-electron chi connectivity index (χ0n) is 24.4. The zero-order valence-corrected chi connectivity index (χ0v) is 24.4. The van der Waals surface area contributed by atoms with E-state index < -0.39 is 0 Å². The highest BCUT2D eigenvalue weighted by atomic mass is 16.5. The minimum absolute atomic E-state index is 0.0553. The minimum atomic E-state index is 0.0553. The third-order valence-corrected chi connectivity index (χ3v) is 10.7. The lowest BCUT2D eigenvalue weighted by Crippen LogP contribution is -2.68. The maximum absolute atomic E-state index is 6.53. The number of fused-ring (bicyclic) bond motifs is 4. The van der Waals surface area contributed by atoms with E-state index in [1.165, 1.54) is 49.9 Å². The smallest absolute Gasteiger partial charge is 0.226 e. The van der Waals surface area contributed by atoms with Gasteiger partial charge in [0.1, 0.15) is 5.75 Å². The van der Waals surface area contributed by atoms with Crippen molar-refractivity contribution in [3.8, 4) is 5.75 Å². The number of rotatable bonds is 7. The highest BCUT2D eigenvalue weighted by molar-refractivity contribution is 5.61. The molecular weight excluding hydrogens is 470 g/mol. The average molecular weight is 518 g/mol. The topological polar surface area (TPSA) is 67.5 Å². The molecule has 6 rings (SSSR count). The Bertz CT molecular complexity index is 1190. The fraction of sp³-hybridized carbons (Fsp3) is 0.688. The zero-order chi connectivity index (χ0) is 26.8. The first-order valence-electron chi connectivity index (χ1n) is 15.0. The Labute approximate surface area is 229 Å². The van der Waals surface area contributed by atoms with Crippen LogP contribution in [0.2, 0.25) is 0 Å². The van der Waals surface area contributed by atoms with E-state index in [9.17, 15) is 0 Å². The van der Waals surface area contributed by atoms with E-state index in [0.29, 0.717) is 18.0 Å². The summed E-state index contributed by atoms with van der Waals surface area (Å²) in [5.74, 6) is 3.18. The van der Waals surface area contributed by atoms with Gasteiger partial charge in [-0.05, 0) is 105 Å². The number of aryl methyl sites for hydroxylation is 2. The molecule has 2 aromatic rings. The average Bonchev–Trinajstić information content (AvgIpc) is 3.58. The van der Waals surface area contributed by atoms with Gasteiger partial charge in [-0.3, -0.25) is 4.90 Å². The van der Waals surface area contributed by atoms with E-state index in [4.69, 9.17) is 20.4 Å². The van der Waals surface area contributed by atoms with Gasteiger partial charge in [0.05, 0.1) is 12.8 Å². The summed E-state index contributed by atoms with van der Waals surface area (Å²) < 4.78 is 5.83. The summed E-state index contributed by atoms with van der Waals surface area (Å²) in [5.41, 5.74) is 12.6. The summed E-state index contributed by atoms with van der Waals surface area (Å²) >= 11 is 0. The van der Waals surface area contributed by atoms with Gasteiger partial charge in [0.25, 0.3) is 0 Å². The molecule has 3 fully saturated rings. The predicted molar refractivity (Wildman–Crippen MR) is 155 cm³/mol. The van der Waals surface area contributed by atoms with Crippen molar-refractivity contribution in [3.63, 3.8) is 0 Å². The number of nitrogens with zero attached hydrogens (tertiary/aromatic N) is 4. The number of piperidine rings is 1. The van der Waals surface area contributed by atoms with Crippen LogP contribution in [0.15, 0.2) is 18.2 Å². The molecule has 3 heterocycles. The van der Waals surface area contributed by atoms with Gasteiger partial charge in [-0.1, -0.05) is 27.2 Å². The number of anilines is 2. The molecule has 4 unspecified atom stereocenters. The molecule has 2 bridgehead atoms. The first-order chi connectivity index (χ1) is 18.2. The third kappa shape index (κ3) is 3.92. The highest BCUT2D eigenvalue weighted by Gasteiger charge is 2.64. The molecule has 4 aliphatic rings. The molecule has 0 radical (unpaired) electrons. The van der Waals surface area contributed by atoms with E-state index in [1.54, 1.807) is 7.11 Å². The molecule has 6 heteroatoms. The molecule has 0 amide bonds. The van der Waals surface area contributed by atoms with E-state index in [2.05, 4.69) is 62.6 Å². The van der Waals surface area contributed by atoms with Crippen molar-refractivity contribution in [2.24, 2.45) is 17.3 Å². The standard InChI is InChI=1S/C32H47N5O/c1-7-8-27-24(11-13-37(27)30-34-20(2)15-21(3)35-30)32-12-14-36(19-22-9-10-22)29(31(32,4)5)17-23-16-26(33)28(38-6)18-25(23)32/h15-16,18,22,24,27,29H,7-14,17,19,33H2,1-6H3. The van der Waals surface area contributed by atoms with Crippen molar-refractivity contribution in [2.75, 3.05) is 37.4 Å². The summed E-state index contributed by atoms with van der Waals surface area (Å²) in [6, 6.07) is 7.62. The molecule has 2 aliphatic carbocycles. The Morgan fingerprint density at radius 3 is 2.45 bits per heavy atom. The molecule has 206 valence electrons. The number of hydrogen-bond donors (Lipinski definition) is 1. The van der Waals surface area contributed by atoms with Gasteiger partial charge in [-0.2, -0.15) is 0 Å². The lowest BCUT2D eigenvalue weighted by molar-refractivity contribution is -0.0774. The number of ether oxygens (including phenoxy) is 1. The van der Waals surface area contributed by atoms with Crippen molar-refractivity contribution >= 4 is 11.6 Å². The van der Waals surface area contributed by atoms with E-state index in [1.807, 2.05) is 0 Å². The largest absolute Gasteiger partial charge is 0.495 e. The molecule has 0 spiro atoms. The van der Waals surface area contributed by atoms with Crippen molar-refractivity contribution in [1.82, 2.24) is 14.9 Å². The summed E-state index contributed by atoms with van der Waals surface area (Å²) in [7, 11) is 1.76. The first kappa shape index (κ1) is 25.9. The molecule has 6 nitrogen and oxygen atoms in total. The molecule has 38 heavy (non-hydrogen) atoms. The molecule has 4 atom stereocenters. The van der Waals surface area contributed by atoms with Gasteiger partial charge in [0.15, 0.2) is 0 Å². The van der Waals surface area contributed by atoms with Gasteiger partial charge in [-0.25, -0.2) is 9.97 Å². The van der Waals surface area contributed by atoms with Crippen LogP contribution in [0.3, 0.4) is 0 Å². The number of hydrogen-bond acceptors (Lipinski definition) is 6. The van der Waals surface area contributed by atoms with E-state index >= 15 is 0 Å². The van der Waals surface area contributed by atoms with Crippen LogP contribution in [0.5, 0.6) is 5.75 Å². The van der Waals surface area contributed by atoms with Crippen molar-refractivity contribution in [2.45, 2.75) is 97.1 Å². The van der Waals surface area contributed by atoms with E-state index in [-0.39, 0.29) is 10.8 Å². The molecule has 2 N–H and O–H groups in total. The monoisotopic (exact) mass is 517 g/mol. The van der Waals surface area contributed by atoms with Crippen molar-refractivity contribution in [3.05, 3.63) is 40.7 Å². The maximum atomic E-state index is 6.53. The summed E-state index contributed by atoms with van der Waals surface area (Å²) in [6.45, 7) is 15.2. The normalized spacial score (nSPS) is 30.4. The van der Waals surface area contributed by atoms with Crippen LogP contribution < -0.4 is 15.4 Å². The van der Waals surface area contributed by atoms with Crippen molar-refractivity contribution in [1.29, 1.82) is 0 Å². The molecule has 1 saturated carbocycles. The number of aromatic nitrogens is 2.